The first kappa shape index (κ1) is 12.4. The second-order valence-corrected chi connectivity index (χ2v) is 5.10. The van der Waals surface area contributed by atoms with E-state index in [1.54, 1.807) is 6.92 Å². The molecule has 0 saturated carbocycles. The summed E-state index contributed by atoms with van der Waals surface area (Å²) in [6.07, 6.45) is 2.75. The van der Waals surface area contributed by atoms with Crippen LogP contribution in [0.15, 0.2) is 24.7 Å². The molecular formula is C7H11ClFNO2S. The molecule has 0 rings (SSSR count). The van der Waals surface area contributed by atoms with Gasteiger partial charge >= 0.3 is 0 Å². The number of likely N-dealkylation sites (N-methyl/N-ethyl adjacent to an activating group) is 1. The van der Waals surface area contributed by atoms with Crippen molar-refractivity contribution >= 4 is 19.7 Å². The van der Waals surface area contributed by atoms with Crippen LogP contribution in [0.1, 0.15) is 6.92 Å². The van der Waals surface area contributed by atoms with Gasteiger partial charge in [0, 0.05) is 17.7 Å². The van der Waals surface area contributed by atoms with Gasteiger partial charge in [-0.3, -0.25) is 0 Å². The van der Waals surface area contributed by atoms with Gasteiger partial charge in [0.05, 0.1) is 0 Å². The average molecular weight is 228 g/mol. The van der Waals surface area contributed by atoms with Crippen molar-refractivity contribution in [1.29, 1.82) is 0 Å². The van der Waals surface area contributed by atoms with E-state index in [1.807, 2.05) is 0 Å². The Morgan fingerprint density at radius 3 is 2.38 bits per heavy atom. The fourth-order valence-corrected chi connectivity index (χ4v) is 2.09. The first-order chi connectivity index (χ1) is 5.80. The second-order valence-electron chi connectivity index (χ2n) is 2.38. The number of hydrogen-bond acceptors (Lipinski definition) is 3. The summed E-state index contributed by atoms with van der Waals surface area (Å²) in [5, 5.41) is -1.21. The molecule has 0 fully saturated rings. The quantitative estimate of drug-likeness (QED) is 0.418. The van der Waals surface area contributed by atoms with Gasteiger partial charge in [0.2, 0.25) is 0 Å². The Balaban J connectivity index is 4.94. The highest BCUT2D eigenvalue weighted by atomic mass is 35.7. The van der Waals surface area contributed by atoms with E-state index >= 15 is 0 Å². The molecule has 1 atom stereocenters. The first-order valence-corrected chi connectivity index (χ1v) is 5.81. The Labute approximate surface area is 81.9 Å². The van der Waals surface area contributed by atoms with E-state index in [-0.39, 0.29) is 0 Å². The minimum Gasteiger partial charge on any atom is -0.331 e. The minimum absolute atomic E-state index is 0.836. The number of allylic oxidation sites excluding steroid dienone is 1. The van der Waals surface area contributed by atoms with Gasteiger partial charge in [-0.15, -0.1) is 0 Å². The molecule has 0 aromatic rings. The van der Waals surface area contributed by atoms with Gasteiger partial charge in [-0.05, 0) is 19.6 Å². The zero-order valence-corrected chi connectivity index (χ0v) is 8.94. The van der Waals surface area contributed by atoms with Crippen LogP contribution in [0, 0.1) is 0 Å². The normalized spacial score (nSPS) is 14.5. The van der Waals surface area contributed by atoms with E-state index in [0.717, 1.165) is 4.90 Å². The van der Waals surface area contributed by atoms with Crippen molar-refractivity contribution in [2.45, 2.75) is 12.3 Å². The smallest absolute Gasteiger partial charge is 0.257 e. The molecule has 76 valence electrons. The number of hydrogen-bond donors (Lipinski definition) is 0. The van der Waals surface area contributed by atoms with Gasteiger partial charge in [-0.2, -0.15) is 4.39 Å². The van der Waals surface area contributed by atoms with Gasteiger partial charge in [-0.25, -0.2) is 8.42 Å². The summed E-state index contributed by atoms with van der Waals surface area (Å²) >= 11 is 0. The minimum atomic E-state index is -3.86. The van der Waals surface area contributed by atoms with Crippen molar-refractivity contribution in [1.82, 2.24) is 4.90 Å². The van der Waals surface area contributed by atoms with Crippen LogP contribution in [-0.4, -0.2) is 25.7 Å². The lowest BCUT2D eigenvalue weighted by Gasteiger charge is -2.21. The highest BCUT2D eigenvalue weighted by Gasteiger charge is 2.25. The van der Waals surface area contributed by atoms with Gasteiger partial charge in [0.15, 0.2) is 11.3 Å². The summed E-state index contributed by atoms with van der Waals surface area (Å²) in [5.41, 5.74) is 0. The second kappa shape index (κ2) is 4.62. The first-order valence-electron chi connectivity index (χ1n) is 3.44. The van der Waals surface area contributed by atoms with E-state index in [1.165, 1.54) is 19.2 Å². The number of halogens is 2. The molecular weight excluding hydrogens is 217 g/mol. The maximum Gasteiger partial charge on any atom is 0.257 e. The predicted molar refractivity (Wildman–Crippen MR) is 51.4 cm³/mol. The van der Waals surface area contributed by atoms with Crippen LogP contribution in [0.5, 0.6) is 0 Å². The molecule has 0 aliphatic heterocycles. The van der Waals surface area contributed by atoms with E-state index < -0.39 is 20.4 Å². The molecule has 0 spiro atoms. The third-order valence-electron chi connectivity index (χ3n) is 1.41. The van der Waals surface area contributed by atoms with Crippen molar-refractivity contribution in [2.75, 3.05) is 7.05 Å². The molecule has 13 heavy (non-hydrogen) atoms. The molecule has 6 heteroatoms. The SMILES string of the molecule is C=C(F)N(C)C(/C=C\C)S(=O)(=O)Cl. The monoisotopic (exact) mass is 227 g/mol. The topological polar surface area (TPSA) is 37.4 Å². The summed E-state index contributed by atoms with van der Waals surface area (Å²) in [6, 6.07) is 0. The summed E-state index contributed by atoms with van der Waals surface area (Å²) in [4.78, 5) is 0.836. The molecule has 0 saturated heterocycles. The molecule has 0 aliphatic carbocycles. The van der Waals surface area contributed by atoms with Crippen LogP contribution < -0.4 is 0 Å². The Hall–Kier alpha value is -0.550. The molecule has 0 aromatic carbocycles. The Bertz CT molecular complexity index is 312. The van der Waals surface area contributed by atoms with E-state index in [0.29, 0.717) is 0 Å². The van der Waals surface area contributed by atoms with Crippen LogP contribution in [0.4, 0.5) is 4.39 Å². The molecule has 0 aromatic heterocycles. The zero-order chi connectivity index (χ0) is 10.6. The van der Waals surface area contributed by atoms with Crippen LogP contribution >= 0.6 is 10.7 Å². The van der Waals surface area contributed by atoms with Crippen LogP contribution in [0.25, 0.3) is 0 Å². The largest absolute Gasteiger partial charge is 0.331 e. The van der Waals surface area contributed by atoms with Crippen molar-refractivity contribution in [3.63, 3.8) is 0 Å². The van der Waals surface area contributed by atoms with Crippen molar-refractivity contribution < 1.29 is 12.8 Å². The number of rotatable bonds is 4. The highest BCUT2D eigenvalue weighted by molar-refractivity contribution is 8.14. The molecule has 1 unspecified atom stereocenters. The molecule has 0 bridgehead atoms. The summed E-state index contributed by atoms with van der Waals surface area (Å²) in [6.45, 7) is 4.59. The molecule has 3 nitrogen and oxygen atoms in total. The van der Waals surface area contributed by atoms with Crippen molar-refractivity contribution in [3.8, 4) is 0 Å². The lowest BCUT2D eigenvalue weighted by molar-refractivity contribution is 0.323. The predicted octanol–water partition coefficient (Wildman–Crippen LogP) is 1.83. The van der Waals surface area contributed by atoms with Gasteiger partial charge in [-0.1, -0.05) is 6.08 Å². The molecule has 0 heterocycles. The summed E-state index contributed by atoms with van der Waals surface area (Å²) < 4.78 is 34.4. The average Bonchev–Trinajstić information content (AvgIpc) is 1.96. The standard InChI is InChI=1S/C7H11ClFNO2S/c1-4-5-7(13(8,11)12)10(3)6(2)9/h4-5,7H,2H2,1,3H3/b5-4-. The maximum absolute atomic E-state index is 12.6. The van der Waals surface area contributed by atoms with E-state index in [4.69, 9.17) is 10.7 Å². The van der Waals surface area contributed by atoms with Gasteiger partial charge < -0.3 is 4.90 Å². The fourth-order valence-electron chi connectivity index (χ4n) is 0.715. The van der Waals surface area contributed by atoms with Crippen LogP contribution in [0.3, 0.4) is 0 Å². The molecule has 0 aliphatic rings. The van der Waals surface area contributed by atoms with Crippen molar-refractivity contribution in [2.24, 2.45) is 0 Å². The molecule has 0 amide bonds. The van der Waals surface area contributed by atoms with E-state index in [2.05, 4.69) is 6.58 Å². The Morgan fingerprint density at radius 1 is 1.69 bits per heavy atom. The van der Waals surface area contributed by atoms with Gasteiger partial charge in [0.25, 0.3) is 9.05 Å². The highest BCUT2D eigenvalue weighted by Crippen LogP contribution is 2.16. The van der Waals surface area contributed by atoms with Crippen molar-refractivity contribution in [3.05, 3.63) is 24.7 Å². The van der Waals surface area contributed by atoms with Crippen LogP contribution in [-0.2, 0) is 9.05 Å². The Morgan fingerprint density at radius 2 is 2.15 bits per heavy atom. The third-order valence-corrected chi connectivity index (χ3v) is 3.01. The summed E-state index contributed by atoms with van der Waals surface area (Å²) in [7, 11) is 2.48. The summed E-state index contributed by atoms with van der Waals surface area (Å²) in [5.74, 6) is -0.854. The molecule has 0 N–H and O–H groups in total. The molecule has 0 radical (unpaired) electrons. The van der Waals surface area contributed by atoms with E-state index in [9.17, 15) is 12.8 Å². The zero-order valence-electron chi connectivity index (χ0n) is 7.37. The van der Waals surface area contributed by atoms with Crippen LogP contribution in [0.2, 0.25) is 0 Å². The third kappa shape index (κ3) is 3.78. The van der Waals surface area contributed by atoms with Gasteiger partial charge in [0.1, 0.15) is 0 Å². The lowest BCUT2D eigenvalue weighted by atomic mass is 10.5. The number of nitrogens with zero attached hydrogens (tertiary/aromatic N) is 1. The fraction of sp³-hybridized carbons (Fsp3) is 0.429. The maximum atomic E-state index is 12.6. The Kier molecular flexibility index (Phi) is 4.43. The lowest BCUT2D eigenvalue weighted by Crippen LogP contribution is -2.32.